The maximum Gasteiger partial charge on any atom is 0.416 e. The number of rotatable bonds is 3. The summed E-state index contributed by atoms with van der Waals surface area (Å²) in [6.07, 6.45) is -3.80. The van der Waals surface area contributed by atoms with Crippen LogP contribution in [-0.2, 0) is 11.0 Å². The Kier molecular flexibility index (Phi) is 9.18. The number of urea groups is 1. The van der Waals surface area contributed by atoms with E-state index in [-0.39, 0.29) is 11.5 Å². The first-order valence-electron chi connectivity index (χ1n) is 7.16. The number of carbonyl (C=O) groups is 3. The van der Waals surface area contributed by atoms with Gasteiger partial charge in [-0.25, -0.2) is 9.18 Å². The second-order valence-corrected chi connectivity index (χ2v) is 4.74. The summed E-state index contributed by atoms with van der Waals surface area (Å²) in [5.74, 6) is -2.20. The number of imide groups is 1. The molecular formula is C15H19F4N3O3. The number of nitrogens with one attached hydrogen (secondary N) is 3. The van der Waals surface area contributed by atoms with Crippen LogP contribution in [0.5, 0.6) is 0 Å². The maximum atomic E-state index is 12.8. The van der Waals surface area contributed by atoms with Crippen LogP contribution in [0.25, 0.3) is 0 Å². The van der Waals surface area contributed by atoms with E-state index in [1.807, 2.05) is 6.92 Å². The molecule has 0 saturated carbocycles. The van der Waals surface area contributed by atoms with Gasteiger partial charge in [0.25, 0.3) is 5.91 Å². The molecule has 0 bridgehead atoms. The standard InChI is InChI=1S/C9H7F4NO.C6H12N2O2/c1-14-8(15)5-2-6(9(11,12)13)4-7(10)3-5;1-3-4-7-6(10)8-5(2)9/h2-4H,1H3,(H,14,15);3-4H2,1-2H3,(H2,7,8,9,10). The minimum Gasteiger partial charge on any atom is -0.355 e. The number of halogens is 4. The fourth-order valence-electron chi connectivity index (χ4n) is 1.47. The number of amides is 4. The van der Waals surface area contributed by atoms with Crippen molar-refractivity contribution in [2.75, 3.05) is 13.6 Å². The SMILES string of the molecule is CCCNC(=O)NC(C)=O.CNC(=O)c1cc(F)cc(C(F)(F)F)c1. The van der Waals surface area contributed by atoms with Gasteiger partial charge in [-0.05, 0) is 24.6 Å². The molecule has 0 saturated heterocycles. The summed E-state index contributed by atoms with van der Waals surface area (Å²) in [5.41, 5.74) is -1.54. The van der Waals surface area contributed by atoms with Gasteiger partial charge in [-0.15, -0.1) is 0 Å². The first kappa shape index (κ1) is 22.4. The molecule has 1 rings (SSSR count). The van der Waals surface area contributed by atoms with Gasteiger partial charge in [0.05, 0.1) is 5.56 Å². The average molecular weight is 365 g/mol. The van der Waals surface area contributed by atoms with E-state index in [1.54, 1.807) is 0 Å². The molecule has 3 N–H and O–H groups in total. The molecule has 0 heterocycles. The van der Waals surface area contributed by atoms with E-state index in [1.165, 1.54) is 14.0 Å². The lowest BCUT2D eigenvalue weighted by molar-refractivity contribution is -0.137. The second-order valence-electron chi connectivity index (χ2n) is 4.74. The van der Waals surface area contributed by atoms with Gasteiger partial charge in [-0.2, -0.15) is 13.2 Å². The largest absolute Gasteiger partial charge is 0.416 e. The Morgan fingerprint density at radius 1 is 1.12 bits per heavy atom. The van der Waals surface area contributed by atoms with E-state index in [4.69, 9.17) is 0 Å². The Morgan fingerprint density at radius 2 is 1.72 bits per heavy atom. The Labute approximate surface area is 142 Å². The van der Waals surface area contributed by atoms with Crippen LogP contribution in [0, 0.1) is 5.82 Å². The van der Waals surface area contributed by atoms with Crippen molar-refractivity contribution < 1.29 is 31.9 Å². The fourth-order valence-corrected chi connectivity index (χ4v) is 1.47. The zero-order chi connectivity index (χ0) is 19.6. The second kappa shape index (κ2) is 10.3. The number of carbonyl (C=O) groups excluding carboxylic acids is 3. The van der Waals surface area contributed by atoms with Gasteiger partial charge in [0, 0.05) is 26.1 Å². The molecule has 140 valence electrons. The molecule has 0 spiro atoms. The topological polar surface area (TPSA) is 87.3 Å². The fraction of sp³-hybridized carbons (Fsp3) is 0.400. The molecule has 1 aromatic carbocycles. The van der Waals surface area contributed by atoms with E-state index in [2.05, 4.69) is 16.0 Å². The summed E-state index contributed by atoms with van der Waals surface area (Å²) in [5, 5.41) is 6.70. The zero-order valence-electron chi connectivity index (χ0n) is 13.9. The molecule has 6 nitrogen and oxygen atoms in total. The van der Waals surface area contributed by atoms with E-state index in [0.29, 0.717) is 18.7 Å². The third-order valence-corrected chi connectivity index (χ3v) is 2.54. The van der Waals surface area contributed by atoms with Crippen molar-refractivity contribution in [2.45, 2.75) is 26.4 Å². The lowest BCUT2D eigenvalue weighted by Gasteiger charge is -2.08. The lowest BCUT2D eigenvalue weighted by atomic mass is 10.1. The molecule has 0 aromatic heterocycles. The van der Waals surface area contributed by atoms with Crippen LogP contribution in [0.2, 0.25) is 0 Å². The monoisotopic (exact) mass is 365 g/mol. The van der Waals surface area contributed by atoms with Crippen LogP contribution in [0.1, 0.15) is 36.2 Å². The highest BCUT2D eigenvalue weighted by Crippen LogP contribution is 2.30. The summed E-state index contributed by atoms with van der Waals surface area (Å²) in [4.78, 5) is 31.8. The smallest absolute Gasteiger partial charge is 0.355 e. The Balaban J connectivity index is 0.000000504. The van der Waals surface area contributed by atoms with Crippen molar-refractivity contribution in [2.24, 2.45) is 0 Å². The van der Waals surface area contributed by atoms with Crippen LogP contribution >= 0.6 is 0 Å². The van der Waals surface area contributed by atoms with E-state index >= 15 is 0 Å². The Hall–Kier alpha value is -2.65. The third kappa shape index (κ3) is 9.28. The molecule has 0 fully saturated rings. The van der Waals surface area contributed by atoms with Crippen molar-refractivity contribution >= 4 is 17.8 Å². The van der Waals surface area contributed by atoms with Crippen LogP contribution in [0.3, 0.4) is 0 Å². The molecule has 0 unspecified atom stereocenters. The molecule has 0 aliphatic rings. The summed E-state index contributed by atoms with van der Waals surface area (Å²) in [7, 11) is 1.25. The number of hydrogen-bond acceptors (Lipinski definition) is 3. The molecule has 0 aliphatic carbocycles. The van der Waals surface area contributed by atoms with Gasteiger partial charge < -0.3 is 10.6 Å². The highest BCUT2D eigenvalue weighted by Gasteiger charge is 2.31. The van der Waals surface area contributed by atoms with Crippen molar-refractivity contribution in [1.82, 2.24) is 16.0 Å². The van der Waals surface area contributed by atoms with Crippen molar-refractivity contribution in [3.8, 4) is 0 Å². The van der Waals surface area contributed by atoms with Crippen molar-refractivity contribution in [3.05, 3.63) is 35.1 Å². The zero-order valence-corrected chi connectivity index (χ0v) is 13.9. The predicted molar refractivity (Wildman–Crippen MR) is 82.3 cm³/mol. The minimum absolute atomic E-state index is 0.339. The predicted octanol–water partition coefficient (Wildman–Crippen LogP) is 2.45. The van der Waals surface area contributed by atoms with Crippen LogP contribution in [0.15, 0.2) is 18.2 Å². The molecule has 4 amide bonds. The van der Waals surface area contributed by atoms with E-state index < -0.39 is 29.5 Å². The molecule has 25 heavy (non-hydrogen) atoms. The van der Waals surface area contributed by atoms with Crippen LogP contribution < -0.4 is 16.0 Å². The first-order chi connectivity index (χ1) is 11.5. The molecule has 1 aromatic rings. The minimum atomic E-state index is -4.66. The lowest BCUT2D eigenvalue weighted by Crippen LogP contribution is -2.38. The summed E-state index contributed by atoms with van der Waals surface area (Å²) in [6.45, 7) is 3.83. The van der Waals surface area contributed by atoms with Crippen LogP contribution in [-0.4, -0.2) is 31.4 Å². The van der Waals surface area contributed by atoms with Gasteiger partial charge in [0.15, 0.2) is 0 Å². The van der Waals surface area contributed by atoms with Crippen molar-refractivity contribution in [3.63, 3.8) is 0 Å². The number of benzene rings is 1. The van der Waals surface area contributed by atoms with Gasteiger partial charge in [0.2, 0.25) is 5.91 Å². The van der Waals surface area contributed by atoms with Gasteiger partial charge in [-0.1, -0.05) is 6.92 Å². The Bertz CT molecular complexity index is 619. The summed E-state index contributed by atoms with van der Waals surface area (Å²) in [6, 6.07) is 1.26. The van der Waals surface area contributed by atoms with E-state index in [9.17, 15) is 31.9 Å². The normalized spacial score (nSPS) is 10.2. The van der Waals surface area contributed by atoms with Gasteiger partial charge >= 0.3 is 12.2 Å². The van der Waals surface area contributed by atoms with E-state index in [0.717, 1.165) is 12.5 Å². The number of alkyl halides is 3. The third-order valence-electron chi connectivity index (χ3n) is 2.54. The highest BCUT2D eigenvalue weighted by atomic mass is 19.4. The van der Waals surface area contributed by atoms with Crippen LogP contribution in [0.4, 0.5) is 22.4 Å². The average Bonchev–Trinajstić information content (AvgIpc) is 2.50. The number of hydrogen-bond donors (Lipinski definition) is 3. The highest BCUT2D eigenvalue weighted by molar-refractivity contribution is 5.94. The van der Waals surface area contributed by atoms with Crippen molar-refractivity contribution in [1.29, 1.82) is 0 Å². The quantitative estimate of drug-likeness (QED) is 0.719. The van der Waals surface area contributed by atoms with Gasteiger partial charge in [0.1, 0.15) is 5.82 Å². The molecule has 0 radical (unpaired) electrons. The summed E-state index contributed by atoms with van der Waals surface area (Å²) < 4.78 is 49.4. The maximum absolute atomic E-state index is 12.8. The molecule has 0 aliphatic heterocycles. The van der Waals surface area contributed by atoms with Gasteiger partial charge in [-0.3, -0.25) is 14.9 Å². The first-order valence-corrected chi connectivity index (χ1v) is 7.16. The molecular weight excluding hydrogens is 346 g/mol. The Morgan fingerprint density at radius 3 is 2.16 bits per heavy atom. The molecule has 0 atom stereocenters. The molecule has 10 heteroatoms. The summed E-state index contributed by atoms with van der Waals surface area (Å²) >= 11 is 0.